The standard InChI is InChI=1S/C14H11ClN4O/c1-16-13(20)10-8-19(11-5-3-2-4-9(10)11)12-6-7-17-14(15)18-12/h2-8H,1H3,(H,16,20). The van der Waals surface area contributed by atoms with Gasteiger partial charge in [-0.05, 0) is 23.7 Å². The zero-order valence-corrected chi connectivity index (χ0v) is 11.4. The summed E-state index contributed by atoms with van der Waals surface area (Å²) in [6, 6.07) is 9.38. The van der Waals surface area contributed by atoms with Crippen LogP contribution < -0.4 is 5.32 Å². The van der Waals surface area contributed by atoms with E-state index in [-0.39, 0.29) is 11.2 Å². The molecule has 0 bridgehead atoms. The number of nitrogens with zero attached hydrogens (tertiary/aromatic N) is 3. The Morgan fingerprint density at radius 3 is 2.85 bits per heavy atom. The summed E-state index contributed by atoms with van der Waals surface area (Å²) in [6.45, 7) is 0. The van der Waals surface area contributed by atoms with Crippen molar-refractivity contribution in [3.8, 4) is 5.82 Å². The lowest BCUT2D eigenvalue weighted by molar-refractivity contribution is 0.0964. The minimum atomic E-state index is -0.139. The zero-order valence-electron chi connectivity index (χ0n) is 10.7. The number of aromatic nitrogens is 3. The summed E-state index contributed by atoms with van der Waals surface area (Å²) in [4.78, 5) is 20.0. The highest BCUT2D eigenvalue weighted by atomic mass is 35.5. The van der Waals surface area contributed by atoms with Gasteiger partial charge in [0.1, 0.15) is 5.82 Å². The fourth-order valence-corrected chi connectivity index (χ4v) is 2.29. The van der Waals surface area contributed by atoms with E-state index in [1.165, 1.54) is 0 Å². The van der Waals surface area contributed by atoms with Crippen LogP contribution in [-0.2, 0) is 0 Å². The Morgan fingerprint density at radius 2 is 2.10 bits per heavy atom. The Labute approximate surface area is 120 Å². The maximum atomic E-state index is 12.0. The molecular formula is C14H11ClN4O. The second kappa shape index (κ2) is 4.94. The number of benzene rings is 1. The van der Waals surface area contributed by atoms with Crippen LogP contribution in [-0.4, -0.2) is 27.5 Å². The van der Waals surface area contributed by atoms with E-state index < -0.39 is 0 Å². The molecular weight excluding hydrogens is 276 g/mol. The van der Waals surface area contributed by atoms with E-state index in [9.17, 15) is 4.79 Å². The predicted octanol–water partition coefficient (Wildman–Crippen LogP) is 2.43. The number of carbonyl (C=O) groups excluding carboxylic acids is 1. The highest BCUT2D eigenvalue weighted by molar-refractivity contribution is 6.28. The average molecular weight is 287 g/mol. The normalized spacial score (nSPS) is 10.7. The second-order valence-corrected chi connectivity index (χ2v) is 4.53. The zero-order chi connectivity index (χ0) is 14.1. The van der Waals surface area contributed by atoms with Crippen molar-refractivity contribution in [3.05, 3.63) is 53.6 Å². The lowest BCUT2D eigenvalue weighted by Gasteiger charge is -2.03. The molecule has 3 rings (SSSR count). The third-order valence-corrected chi connectivity index (χ3v) is 3.22. The molecule has 1 aromatic carbocycles. The van der Waals surface area contributed by atoms with Crippen LogP contribution in [0.1, 0.15) is 10.4 Å². The fraction of sp³-hybridized carbons (Fsp3) is 0.0714. The molecule has 5 nitrogen and oxygen atoms in total. The molecule has 0 aliphatic rings. The molecule has 100 valence electrons. The average Bonchev–Trinajstić information content (AvgIpc) is 2.86. The smallest absolute Gasteiger partial charge is 0.253 e. The van der Waals surface area contributed by atoms with Crippen molar-refractivity contribution < 1.29 is 4.79 Å². The van der Waals surface area contributed by atoms with Gasteiger partial charge >= 0.3 is 0 Å². The van der Waals surface area contributed by atoms with E-state index in [0.717, 1.165) is 10.9 Å². The molecule has 0 radical (unpaired) electrons. The van der Waals surface area contributed by atoms with Gasteiger partial charge in [-0.25, -0.2) is 4.98 Å². The van der Waals surface area contributed by atoms with Gasteiger partial charge in [0.05, 0.1) is 11.1 Å². The van der Waals surface area contributed by atoms with Crippen LogP contribution in [0.3, 0.4) is 0 Å². The minimum absolute atomic E-state index is 0.139. The number of fused-ring (bicyclic) bond motifs is 1. The highest BCUT2D eigenvalue weighted by Gasteiger charge is 2.15. The van der Waals surface area contributed by atoms with Gasteiger partial charge < -0.3 is 9.88 Å². The van der Waals surface area contributed by atoms with E-state index in [0.29, 0.717) is 11.4 Å². The second-order valence-electron chi connectivity index (χ2n) is 4.19. The maximum absolute atomic E-state index is 12.0. The molecule has 2 aromatic heterocycles. The highest BCUT2D eigenvalue weighted by Crippen LogP contribution is 2.24. The van der Waals surface area contributed by atoms with Gasteiger partial charge in [-0.2, -0.15) is 4.98 Å². The summed E-state index contributed by atoms with van der Waals surface area (Å²) in [5.41, 5.74) is 1.48. The van der Waals surface area contributed by atoms with E-state index in [1.807, 2.05) is 28.8 Å². The summed E-state index contributed by atoms with van der Waals surface area (Å²) in [5.74, 6) is 0.483. The summed E-state index contributed by atoms with van der Waals surface area (Å²) >= 11 is 5.83. The largest absolute Gasteiger partial charge is 0.355 e. The number of hydrogen-bond donors (Lipinski definition) is 1. The number of carbonyl (C=O) groups is 1. The Hall–Kier alpha value is -2.40. The molecule has 0 spiro atoms. The number of para-hydroxylation sites is 1. The molecule has 0 saturated heterocycles. The molecule has 2 heterocycles. The Bertz CT molecular complexity index is 797. The molecule has 6 heteroatoms. The molecule has 0 saturated carbocycles. The lowest BCUT2D eigenvalue weighted by Crippen LogP contribution is -2.17. The maximum Gasteiger partial charge on any atom is 0.253 e. The Morgan fingerprint density at radius 1 is 1.30 bits per heavy atom. The van der Waals surface area contributed by atoms with E-state index >= 15 is 0 Å². The number of hydrogen-bond acceptors (Lipinski definition) is 3. The molecule has 1 amide bonds. The first kappa shape index (κ1) is 12.6. The first-order valence-electron chi connectivity index (χ1n) is 6.02. The Kier molecular flexibility index (Phi) is 3.12. The number of halogens is 1. The van der Waals surface area contributed by atoms with Gasteiger partial charge in [0.15, 0.2) is 0 Å². The quantitative estimate of drug-likeness (QED) is 0.736. The van der Waals surface area contributed by atoms with Crippen molar-refractivity contribution in [2.75, 3.05) is 7.05 Å². The topological polar surface area (TPSA) is 59.8 Å². The van der Waals surface area contributed by atoms with Crippen LogP contribution in [0.15, 0.2) is 42.7 Å². The SMILES string of the molecule is CNC(=O)c1cn(-c2ccnc(Cl)n2)c2ccccc12. The van der Waals surface area contributed by atoms with Crippen molar-refractivity contribution >= 4 is 28.4 Å². The molecule has 0 aliphatic carbocycles. The van der Waals surface area contributed by atoms with Crippen LogP contribution in [0.25, 0.3) is 16.7 Å². The van der Waals surface area contributed by atoms with E-state index in [1.54, 1.807) is 25.5 Å². The number of amides is 1. The molecule has 0 fully saturated rings. The van der Waals surface area contributed by atoms with E-state index in [4.69, 9.17) is 11.6 Å². The Balaban J connectivity index is 2.29. The van der Waals surface area contributed by atoms with Crippen molar-refractivity contribution in [1.29, 1.82) is 0 Å². The van der Waals surface area contributed by atoms with Crippen LogP contribution in [0, 0.1) is 0 Å². The van der Waals surface area contributed by atoms with Crippen LogP contribution >= 0.6 is 11.6 Å². The molecule has 0 aliphatic heterocycles. The summed E-state index contributed by atoms with van der Waals surface area (Å²) in [7, 11) is 1.61. The molecule has 3 aromatic rings. The van der Waals surface area contributed by atoms with Crippen molar-refractivity contribution in [1.82, 2.24) is 19.9 Å². The van der Waals surface area contributed by atoms with Crippen LogP contribution in [0.4, 0.5) is 0 Å². The summed E-state index contributed by atoms with van der Waals surface area (Å²) < 4.78 is 1.83. The fourth-order valence-electron chi connectivity index (χ4n) is 2.15. The molecule has 20 heavy (non-hydrogen) atoms. The third kappa shape index (κ3) is 2.02. The van der Waals surface area contributed by atoms with Crippen LogP contribution in [0.5, 0.6) is 0 Å². The number of nitrogens with one attached hydrogen (secondary N) is 1. The van der Waals surface area contributed by atoms with Gasteiger partial charge in [-0.1, -0.05) is 18.2 Å². The summed E-state index contributed by atoms with van der Waals surface area (Å²) in [5, 5.41) is 3.67. The van der Waals surface area contributed by atoms with Gasteiger partial charge in [0.2, 0.25) is 5.28 Å². The van der Waals surface area contributed by atoms with Gasteiger partial charge in [-0.15, -0.1) is 0 Å². The van der Waals surface area contributed by atoms with Gasteiger partial charge in [0.25, 0.3) is 5.91 Å². The van der Waals surface area contributed by atoms with Crippen molar-refractivity contribution in [3.63, 3.8) is 0 Å². The third-order valence-electron chi connectivity index (χ3n) is 3.04. The predicted molar refractivity (Wildman–Crippen MR) is 77.3 cm³/mol. The van der Waals surface area contributed by atoms with E-state index in [2.05, 4.69) is 15.3 Å². The molecule has 0 atom stereocenters. The van der Waals surface area contributed by atoms with Crippen molar-refractivity contribution in [2.45, 2.75) is 0 Å². The minimum Gasteiger partial charge on any atom is -0.355 e. The first-order valence-corrected chi connectivity index (χ1v) is 6.39. The van der Waals surface area contributed by atoms with Gasteiger partial charge in [0, 0.05) is 24.8 Å². The molecule has 0 unspecified atom stereocenters. The van der Waals surface area contributed by atoms with Gasteiger partial charge in [-0.3, -0.25) is 4.79 Å². The summed E-state index contributed by atoms with van der Waals surface area (Å²) in [6.07, 6.45) is 3.33. The van der Waals surface area contributed by atoms with Crippen LogP contribution in [0.2, 0.25) is 5.28 Å². The van der Waals surface area contributed by atoms with Crippen molar-refractivity contribution in [2.24, 2.45) is 0 Å². The lowest BCUT2D eigenvalue weighted by atomic mass is 10.2. The molecule has 1 N–H and O–H groups in total. The first-order chi connectivity index (χ1) is 9.70. The monoisotopic (exact) mass is 286 g/mol. The number of rotatable bonds is 2.